The van der Waals surface area contributed by atoms with Crippen molar-refractivity contribution in [1.29, 1.82) is 0 Å². The maximum atomic E-state index is 11.8. The summed E-state index contributed by atoms with van der Waals surface area (Å²) in [5.41, 5.74) is 3.53. The van der Waals surface area contributed by atoms with E-state index in [0.29, 0.717) is 35.3 Å². The Kier molecular flexibility index (Phi) is 20.0. The number of piperazine rings is 2. The SMILES string of the molecule is CCOCC(=O)NC1CCC(CCN2CCN(c3ccc(C)c(Cl)c3)CC2)CC1.CCOCC(=O)NC1CCC(CCN2CCN(c3ccc(Cl)c(Cl)c3)CC2)CC1. The number of carbonyl (C=O) groups excluding carboxylic acids is 2. The van der Waals surface area contributed by atoms with Crippen LogP contribution in [0.2, 0.25) is 15.1 Å². The van der Waals surface area contributed by atoms with Gasteiger partial charge in [-0.2, -0.15) is 0 Å². The fourth-order valence-electron chi connectivity index (χ4n) is 8.77. The molecule has 324 valence electrons. The van der Waals surface area contributed by atoms with E-state index in [-0.39, 0.29) is 25.0 Å². The van der Waals surface area contributed by atoms with Gasteiger partial charge < -0.3 is 29.9 Å². The summed E-state index contributed by atoms with van der Waals surface area (Å²) in [4.78, 5) is 33.6. The van der Waals surface area contributed by atoms with Gasteiger partial charge in [-0.3, -0.25) is 19.4 Å². The van der Waals surface area contributed by atoms with Crippen LogP contribution >= 0.6 is 34.8 Å². The summed E-state index contributed by atoms with van der Waals surface area (Å²) in [6.07, 6.45) is 11.8. The molecule has 0 radical (unpaired) electrons. The molecule has 0 atom stereocenters. The van der Waals surface area contributed by atoms with Crippen LogP contribution in [0.1, 0.15) is 83.6 Å². The van der Waals surface area contributed by atoms with Crippen LogP contribution in [0.25, 0.3) is 0 Å². The Labute approximate surface area is 363 Å². The largest absolute Gasteiger partial charge is 0.372 e. The molecule has 2 aliphatic carbocycles. The molecule has 0 bridgehead atoms. The number of ether oxygens (including phenoxy) is 2. The topological polar surface area (TPSA) is 89.6 Å². The number of nitrogens with one attached hydrogen (secondary N) is 2. The van der Waals surface area contributed by atoms with Crippen LogP contribution in [0.5, 0.6) is 0 Å². The van der Waals surface area contributed by atoms with Crippen LogP contribution in [0.15, 0.2) is 36.4 Å². The second-order valence-electron chi connectivity index (χ2n) is 16.6. The van der Waals surface area contributed by atoms with Crippen molar-refractivity contribution in [1.82, 2.24) is 20.4 Å². The minimum absolute atomic E-state index is 0.0233. The monoisotopic (exact) mass is 862 g/mol. The van der Waals surface area contributed by atoms with E-state index in [1.807, 2.05) is 32.9 Å². The van der Waals surface area contributed by atoms with Crippen molar-refractivity contribution >= 4 is 58.0 Å². The molecule has 2 N–H and O–H groups in total. The van der Waals surface area contributed by atoms with Crippen LogP contribution in [0.4, 0.5) is 11.4 Å². The Bertz CT molecular complexity index is 1420. The number of hydrogen-bond donors (Lipinski definition) is 2. The molecule has 6 rings (SSSR count). The van der Waals surface area contributed by atoms with Crippen molar-refractivity contribution < 1.29 is 19.1 Å². The molecule has 0 spiro atoms. The van der Waals surface area contributed by atoms with E-state index in [9.17, 15) is 9.59 Å². The van der Waals surface area contributed by atoms with Crippen molar-refractivity contribution in [2.45, 2.75) is 97.1 Å². The highest BCUT2D eigenvalue weighted by atomic mass is 35.5. The van der Waals surface area contributed by atoms with E-state index in [1.54, 1.807) is 0 Å². The van der Waals surface area contributed by atoms with E-state index < -0.39 is 0 Å². The van der Waals surface area contributed by atoms with Gasteiger partial charge in [-0.1, -0.05) is 40.9 Å². The number of hydrogen-bond acceptors (Lipinski definition) is 8. The zero-order valence-corrected chi connectivity index (χ0v) is 37.6. The highest BCUT2D eigenvalue weighted by Crippen LogP contribution is 2.31. The summed E-state index contributed by atoms with van der Waals surface area (Å²) in [5, 5.41) is 8.31. The third-order valence-electron chi connectivity index (χ3n) is 12.5. The summed E-state index contributed by atoms with van der Waals surface area (Å²) < 4.78 is 10.4. The third-order valence-corrected chi connectivity index (χ3v) is 13.7. The van der Waals surface area contributed by atoms with Crippen molar-refractivity contribution in [2.24, 2.45) is 11.8 Å². The number of halogens is 3. The first-order chi connectivity index (χ1) is 28.1. The van der Waals surface area contributed by atoms with E-state index in [1.165, 1.54) is 57.3 Å². The van der Waals surface area contributed by atoms with Crippen molar-refractivity contribution in [3.8, 4) is 0 Å². The number of aryl methyl sites for hydroxylation is 1. The van der Waals surface area contributed by atoms with Gasteiger partial charge in [0.2, 0.25) is 11.8 Å². The molecule has 58 heavy (non-hydrogen) atoms. The van der Waals surface area contributed by atoms with Gasteiger partial charge in [0.15, 0.2) is 0 Å². The van der Waals surface area contributed by atoms with Gasteiger partial charge >= 0.3 is 0 Å². The number of rotatable bonds is 16. The van der Waals surface area contributed by atoms with Crippen LogP contribution in [-0.2, 0) is 19.1 Å². The lowest BCUT2D eigenvalue weighted by atomic mass is 9.84. The maximum absolute atomic E-state index is 11.8. The minimum Gasteiger partial charge on any atom is -0.372 e. The molecule has 2 amide bonds. The molecule has 0 unspecified atom stereocenters. The molecular formula is C45H69Cl3N6O4. The number of benzene rings is 2. The summed E-state index contributed by atoms with van der Waals surface area (Å²) in [6.45, 7) is 18.4. The number of anilines is 2. The molecule has 2 aliphatic heterocycles. The predicted molar refractivity (Wildman–Crippen MR) is 240 cm³/mol. The predicted octanol–water partition coefficient (Wildman–Crippen LogP) is 8.09. The number of amides is 2. The van der Waals surface area contributed by atoms with Gasteiger partial charge in [0.25, 0.3) is 0 Å². The summed E-state index contributed by atoms with van der Waals surface area (Å²) in [5.74, 6) is 1.63. The van der Waals surface area contributed by atoms with Crippen LogP contribution in [-0.4, -0.2) is 126 Å². The van der Waals surface area contributed by atoms with Crippen LogP contribution in [0, 0.1) is 18.8 Å². The Hall–Kier alpha value is -2.31. The minimum atomic E-state index is 0.0233. The molecule has 2 saturated heterocycles. The summed E-state index contributed by atoms with van der Waals surface area (Å²) in [6, 6.07) is 12.9. The first-order valence-corrected chi connectivity index (χ1v) is 23.1. The zero-order chi connectivity index (χ0) is 41.3. The highest BCUT2D eigenvalue weighted by Gasteiger charge is 2.26. The van der Waals surface area contributed by atoms with E-state index >= 15 is 0 Å². The Morgan fingerprint density at radius 1 is 0.586 bits per heavy atom. The van der Waals surface area contributed by atoms with Gasteiger partial charge in [-0.05, 0) is 146 Å². The first-order valence-electron chi connectivity index (χ1n) is 22.0. The zero-order valence-electron chi connectivity index (χ0n) is 35.3. The molecule has 4 aliphatic rings. The van der Waals surface area contributed by atoms with Crippen LogP contribution in [0.3, 0.4) is 0 Å². The number of nitrogens with zero attached hydrogens (tertiary/aromatic N) is 4. The Balaban J connectivity index is 0.000000221. The van der Waals surface area contributed by atoms with Gasteiger partial charge in [0.05, 0.1) is 10.0 Å². The van der Waals surface area contributed by atoms with Crippen molar-refractivity contribution in [2.75, 3.05) is 102 Å². The standard InChI is InChI=1S/C23H36ClN3O2.C22H33Cl2N3O2/c1-3-29-17-23(28)25-20-7-5-19(6-8-20)10-11-26-12-14-27(15-13-26)21-9-4-18(2)22(24)16-21;1-2-29-16-22(28)25-18-5-3-17(4-6-18)9-10-26-11-13-27(14-12-26)19-7-8-20(23)21(24)15-19/h4,9,16,19-20H,3,5-8,10-15,17H2,1-2H3,(H,25,28);7-8,15,17-18H,2-6,9-14,16H2,1H3,(H,25,28). The van der Waals surface area contributed by atoms with Gasteiger partial charge in [-0.25, -0.2) is 0 Å². The lowest BCUT2D eigenvalue weighted by Gasteiger charge is -2.37. The lowest BCUT2D eigenvalue weighted by Crippen LogP contribution is -2.47. The van der Waals surface area contributed by atoms with Crippen molar-refractivity contribution in [3.63, 3.8) is 0 Å². The summed E-state index contributed by atoms with van der Waals surface area (Å²) in [7, 11) is 0. The fraction of sp³-hybridized carbons (Fsp3) is 0.689. The van der Waals surface area contributed by atoms with E-state index in [4.69, 9.17) is 44.3 Å². The average Bonchev–Trinajstić information content (AvgIpc) is 3.24. The van der Waals surface area contributed by atoms with Crippen LogP contribution < -0.4 is 20.4 Å². The lowest BCUT2D eigenvalue weighted by molar-refractivity contribution is -0.127. The number of carbonyl (C=O) groups is 2. The fourth-order valence-corrected chi connectivity index (χ4v) is 9.24. The second-order valence-corrected chi connectivity index (χ2v) is 17.8. The first kappa shape index (κ1) is 46.8. The van der Waals surface area contributed by atoms with Crippen molar-refractivity contribution in [3.05, 3.63) is 57.0 Å². The Morgan fingerprint density at radius 3 is 1.40 bits per heavy atom. The van der Waals surface area contributed by atoms with E-state index in [0.717, 1.165) is 106 Å². The molecule has 10 nitrogen and oxygen atoms in total. The maximum Gasteiger partial charge on any atom is 0.246 e. The average molecular weight is 864 g/mol. The van der Waals surface area contributed by atoms with E-state index in [2.05, 4.69) is 54.5 Å². The van der Waals surface area contributed by atoms with Gasteiger partial charge in [0.1, 0.15) is 13.2 Å². The summed E-state index contributed by atoms with van der Waals surface area (Å²) >= 11 is 18.5. The molecule has 2 heterocycles. The molecule has 0 aromatic heterocycles. The molecule has 2 aromatic carbocycles. The normalized spacial score (nSPS) is 23.2. The van der Waals surface area contributed by atoms with Gasteiger partial charge in [-0.15, -0.1) is 0 Å². The highest BCUT2D eigenvalue weighted by molar-refractivity contribution is 6.42. The van der Waals surface area contributed by atoms with Gasteiger partial charge in [0, 0.05) is 94.1 Å². The smallest absolute Gasteiger partial charge is 0.246 e. The molecule has 4 fully saturated rings. The quantitative estimate of drug-likeness (QED) is 0.175. The molecule has 2 aromatic rings. The second kappa shape index (κ2) is 24.8. The molecule has 13 heteroatoms. The molecule has 2 saturated carbocycles. The third kappa shape index (κ3) is 15.6. The molecular weight excluding hydrogens is 795 g/mol. The Morgan fingerprint density at radius 2 is 1.00 bits per heavy atom.